The van der Waals surface area contributed by atoms with E-state index < -0.39 is 7.60 Å². The van der Waals surface area contributed by atoms with E-state index in [1.165, 1.54) is 60.7 Å². The van der Waals surface area contributed by atoms with Crippen molar-refractivity contribution in [2.24, 2.45) is 9.98 Å². The van der Waals surface area contributed by atoms with Crippen LogP contribution in [0.2, 0.25) is 0 Å². The molecular weight excluding hydrogens is 379 g/mol. The predicted molar refractivity (Wildman–Crippen MR) is 103 cm³/mol. The van der Waals surface area contributed by atoms with Gasteiger partial charge < -0.3 is 9.05 Å². The Bertz CT molecular complexity index is 1020. The molecule has 0 aliphatic carbocycles. The van der Waals surface area contributed by atoms with Gasteiger partial charge in [0, 0.05) is 0 Å². The maximum absolute atomic E-state index is 13.6. The van der Waals surface area contributed by atoms with Gasteiger partial charge in [-0.25, -0.2) is 14.2 Å². The highest BCUT2D eigenvalue weighted by Gasteiger charge is 2.31. The van der Waals surface area contributed by atoms with E-state index in [-0.39, 0.29) is 11.5 Å². The van der Waals surface area contributed by atoms with Crippen LogP contribution in [0, 0.1) is 0 Å². The molecule has 0 saturated heterocycles. The van der Waals surface area contributed by atoms with Crippen LogP contribution in [0.1, 0.15) is 0 Å². The van der Waals surface area contributed by atoms with Gasteiger partial charge in [-0.1, -0.05) is 18.2 Å². The number of isocyanates is 2. The van der Waals surface area contributed by atoms with E-state index in [0.29, 0.717) is 16.7 Å². The highest BCUT2D eigenvalue weighted by Crippen LogP contribution is 2.47. The smallest absolute Gasteiger partial charge is 0.413 e. The number of benzene rings is 3. The van der Waals surface area contributed by atoms with E-state index in [0.717, 1.165) is 0 Å². The average molecular weight is 392 g/mol. The Labute approximate surface area is 160 Å². The summed E-state index contributed by atoms with van der Waals surface area (Å²) >= 11 is 0. The van der Waals surface area contributed by atoms with Crippen molar-refractivity contribution in [2.45, 2.75) is 0 Å². The standard InChI is InChI=1S/C20H13N2O5P/c23-14-21-16-6-10-18(11-7-16)26-28(25,20-4-2-1-3-5-20)27-19-12-8-17(9-13-19)22-15-24/h1-13H. The van der Waals surface area contributed by atoms with Gasteiger partial charge in [0.25, 0.3) is 0 Å². The Hall–Kier alpha value is -3.75. The zero-order valence-corrected chi connectivity index (χ0v) is 15.3. The molecule has 0 radical (unpaired) electrons. The Balaban J connectivity index is 1.92. The minimum atomic E-state index is -3.79. The quantitative estimate of drug-likeness (QED) is 0.333. The third-order valence-electron chi connectivity index (χ3n) is 3.55. The molecule has 7 nitrogen and oxygen atoms in total. The molecule has 138 valence electrons. The van der Waals surface area contributed by atoms with Crippen LogP contribution >= 0.6 is 7.60 Å². The Morgan fingerprint density at radius 3 is 1.46 bits per heavy atom. The van der Waals surface area contributed by atoms with E-state index in [9.17, 15) is 14.2 Å². The molecular formula is C20H13N2O5P. The molecule has 0 aliphatic heterocycles. The second-order valence-electron chi connectivity index (χ2n) is 5.41. The molecule has 0 spiro atoms. The average Bonchev–Trinajstić information content (AvgIpc) is 2.72. The van der Waals surface area contributed by atoms with Crippen LogP contribution in [0.25, 0.3) is 0 Å². The number of nitrogens with zero attached hydrogens (tertiary/aromatic N) is 2. The van der Waals surface area contributed by atoms with Crippen LogP contribution in [0.3, 0.4) is 0 Å². The number of hydrogen-bond acceptors (Lipinski definition) is 7. The molecule has 0 aromatic heterocycles. The van der Waals surface area contributed by atoms with Gasteiger partial charge in [0.2, 0.25) is 12.2 Å². The Kier molecular flexibility index (Phi) is 5.95. The van der Waals surface area contributed by atoms with E-state index >= 15 is 0 Å². The first kappa shape index (κ1) is 19.0. The topological polar surface area (TPSA) is 94.4 Å². The summed E-state index contributed by atoms with van der Waals surface area (Å²) in [6.45, 7) is 0. The summed E-state index contributed by atoms with van der Waals surface area (Å²) in [5.41, 5.74) is 0.785. The lowest BCUT2D eigenvalue weighted by molar-refractivity contribution is 0.399. The lowest BCUT2D eigenvalue weighted by atomic mass is 10.3. The summed E-state index contributed by atoms with van der Waals surface area (Å²) in [5, 5.41) is 0.361. The summed E-state index contributed by atoms with van der Waals surface area (Å²) in [6, 6.07) is 20.7. The zero-order chi connectivity index (χ0) is 19.8. The van der Waals surface area contributed by atoms with Crippen molar-refractivity contribution >= 4 is 36.4 Å². The van der Waals surface area contributed by atoms with E-state index in [1.807, 2.05) is 0 Å². The number of rotatable bonds is 7. The fourth-order valence-corrected chi connectivity index (χ4v) is 3.86. The van der Waals surface area contributed by atoms with Crippen LogP contribution in [-0.2, 0) is 14.2 Å². The van der Waals surface area contributed by atoms with Gasteiger partial charge in [-0.15, -0.1) is 0 Å². The molecule has 0 saturated carbocycles. The minimum Gasteiger partial charge on any atom is -0.413 e. The fraction of sp³-hybridized carbons (Fsp3) is 0. The molecule has 0 bridgehead atoms. The minimum absolute atomic E-state index is 0.277. The summed E-state index contributed by atoms with van der Waals surface area (Å²) in [6.07, 6.45) is 2.89. The van der Waals surface area contributed by atoms with Gasteiger partial charge in [-0.2, -0.15) is 9.98 Å². The van der Waals surface area contributed by atoms with Gasteiger partial charge in [0.1, 0.15) is 11.5 Å². The molecule has 0 amide bonds. The molecule has 28 heavy (non-hydrogen) atoms. The number of hydrogen-bond donors (Lipinski definition) is 0. The van der Waals surface area contributed by atoms with Crippen molar-refractivity contribution < 1.29 is 23.2 Å². The highest BCUT2D eigenvalue weighted by atomic mass is 31.2. The molecule has 0 fully saturated rings. The lowest BCUT2D eigenvalue weighted by Gasteiger charge is -2.20. The van der Waals surface area contributed by atoms with Crippen LogP contribution < -0.4 is 14.4 Å². The monoisotopic (exact) mass is 392 g/mol. The third-order valence-corrected chi connectivity index (χ3v) is 5.38. The molecule has 0 heterocycles. The summed E-state index contributed by atoms with van der Waals surface area (Å²) in [4.78, 5) is 27.6. The Morgan fingerprint density at radius 2 is 1.07 bits per heavy atom. The molecule has 3 rings (SSSR count). The van der Waals surface area contributed by atoms with E-state index in [4.69, 9.17) is 9.05 Å². The molecule has 0 unspecified atom stereocenters. The van der Waals surface area contributed by atoms with Crippen molar-refractivity contribution in [3.63, 3.8) is 0 Å². The number of carbonyl (C=O) groups excluding carboxylic acids is 2. The summed E-state index contributed by atoms with van der Waals surface area (Å²) < 4.78 is 25.0. The number of aliphatic imine (C=N–C) groups is 2. The van der Waals surface area contributed by atoms with Crippen LogP contribution in [0.5, 0.6) is 11.5 Å². The third kappa shape index (κ3) is 4.70. The first-order chi connectivity index (χ1) is 13.6. The van der Waals surface area contributed by atoms with Crippen LogP contribution in [0.4, 0.5) is 11.4 Å². The largest absolute Gasteiger partial charge is 0.462 e. The predicted octanol–water partition coefficient (Wildman–Crippen LogP) is 4.60. The molecule has 0 aliphatic rings. The van der Waals surface area contributed by atoms with Crippen molar-refractivity contribution in [1.29, 1.82) is 0 Å². The highest BCUT2D eigenvalue weighted by molar-refractivity contribution is 7.63. The SMILES string of the molecule is O=C=Nc1ccc(OP(=O)(Oc2ccc(N=C=O)cc2)c2ccccc2)cc1. The summed E-state index contributed by atoms with van der Waals surface area (Å²) in [7, 11) is -3.79. The van der Waals surface area contributed by atoms with Gasteiger partial charge in [0.15, 0.2) is 0 Å². The van der Waals surface area contributed by atoms with Crippen molar-refractivity contribution in [3.05, 3.63) is 78.9 Å². The molecule has 0 atom stereocenters. The van der Waals surface area contributed by atoms with Crippen LogP contribution in [-0.4, -0.2) is 12.2 Å². The lowest BCUT2D eigenvalue weighted by Crippen LogP contribution is -2.14. The van der Waals surface area contributed by atoms with Crippen molar-refractivity contribution in [1.82, 2.24) is 0 Å². The first-order valence-electron chi connectivity index (χ1n) is 8.04. The molecule has 3 aromatic rings. The fourth-order valence-electron chi connectivity index (χ4n) is 2.28. The zero-order valence-electron chi connectivity index (χ0n) is 14.4. The Morgan fingerprint density at radius 1 is 0.643 bits per heavy atom. The van der Waals surface area contributed by atoms with Crippen LogP contribution in [0.15, 0.2) is 88.8 Å². The molecule has 0 N–H and O–H groups in total. The molecule has 8 heteroatoms. The van der Waals surface area contributed by atoms with Crippen molar-refractivity contribution in [2.75, 3.05) is 0 Å². The molecule has 3 aromatic carbocycles. The van der Waals surface area contributed by atoms with Gasteiger partial charge in [0.05, 0.1) is 16.7 Å². The second-order valence-corrected chi connectivity index (χ2v) is 7.29. The maximum atomic E-state index is 13.6. The van der Waals surface area contributed by atoms with E-state index in [1.54, 1.807) is 30.3 Å². The van der Waals surface area contributed by atoms with Crippen molar-refractivity contribution in [3.8, 4) is 11.5 Å². The van der Waals surface area contributed by atoms with Gasteiger partial charge >= 0.3 is 7.60 Å². The maximum Gasteiger partial charge on any atom is 0.462 e. The van der Waals surface area contributed by atoms with Gasteiger partial charge in [-0.3, -0.25) is 0 Å². The van der Waals surface area contributed by atoms with E-state index in [2.05, 4.69) is 9.98 Å². The summed E-state index contributed by atoms with van der Waals surface area (Å²) in [5.74, 6) is 0.554. The van der Waals surface area contributed by atoms with Gasteiger partial charge in [-0.05, 0) is 60.7 Å². The second kappa shape index (κ2) is 8.76. The first-order valence-corrected chi connectivity index (χ1v) is 9.58. The normalized spacial score (nSPS) is 12.0.